The van der Waals surface area contributed by atoms with Crippen LogP contribution in [-0.4, -0.2) is 36.0 Å². The van der Waals surface area contributed by atoms with Crippen molar-refractivity contribution in [1.82, 2.24) is 10.2 Å². The van der Waals surface area contributed by atoms with Gasteiger partial charge in [0.2, 0.25) is 0 Å². The molecule has 0 saturated carbocycles. The number of carbonyl (C=O) groups excluding carboxylic acids is 1. The summed E-state index contributed by atoms with van der Waals surface area (Å²) in [5.74, 6) is 1.43. The molecule has 2 aliphatic heterocycles. The van der Waals surface area contributed by atoms with Gasteiger partial charge in [-0.15, -0.1) is 12.4 Å². The van der Waals surface area contributed by atoms with Gasteiger partial charge in [0.05, 0.1) is 0 Å². The van der Waals surface area contributed by atoms with Gasteiger partial charge >= 0.3 is 0 Å². The summed E-state index contributed by atoms with van der Waals surface area (Å²) in [4.78, 5) is 14.7. The Morgan fingerprint density at radius 2 is 2.05 bits per heavy atom. The molecule has 2 saturated heterocycles. The minimum absolute atomic E-state index is 0. The highest BCUT2D eigenvalue weighted by molar-refractivity contribution is 5.93. The Hall–Kier alpha value is -1.00. The van der Waals surface area contributed by atoms with Crippen LogP contribution in [0.5, 0.6) is 0 Å². The Labute approximate surface area is 119 Å². The lowest BCUT2D eigenvalue weighted by atomic mass is 10.1. The molecule has 106 valence electrons. The molecular weight excluding hydrogens is 264 g/mol. The van der Waals surface area contributed by atoms with Crippen molar-refractivity contribution in [2.45, 2.75) is 45.2 Å². The van der Waals surface area contributed by atoms with Crippen LogP contribution in [0.25, 0.3) is 0 Å². The van der Waals surface area contributed by atoms with Crippen LogP contribution in [0.15, 0.2) is 10.5 Å². The molecule has 19 heavy (non-hydrogen) atoms. The van der Waals surface area contributed by atoms with E-state index in [1.807, 2.05) is 19.9 Å². The van der Waals surface area contributed by atoms with Gasteiger partial charge in [0.25, 0.3) is 5.91 Å². The summed E-state index contributed by atoms with van der Waals surface area (Å²) in [7, 11) is 0. The maximum absolute atomic E-state index is 12.7. The van der Waals surface area contributed by atoms with Gasteiger partial charge in [-0.05, 0) is 45.7 Å². The van der Waals surface area contributed by atoms with Crippen molar-refractivity contribution in [3.8, 4) is 0 Å². The molecule has 2 atom stereocenters. The first-order valence-electron chi connectivity index (χ1n) is 6.77. The molecule has 2 fully saturated rings. The number of rotatable bonds is 1. The third-order valence-electron chi connectivity index (χ3n) is 4.12. The molecule has 1 aromatic rings. The van der Waals surface area contributed by atoms with E-state index in [0.717, 1.165) is 43.7 Å². The van der Waals surface area contributed by atoms with Crippen molar-refractivity contribution < 1.29 is 9.21 Å². The number of amides is 1. The molecule has 1 amide bonds. The molecule has 3 rings (SSSR count). The molecule has 1 N–H and O–H groups in total. The molecule has 0 spiro atoms. The largest absolute Gasteiger partial charge is 0.456 e. The van der Waals surface area contributed by atoms with E-state index in [2.05, 4.69) is 10.2 Å². The second-order valence-corrected chi connectivity index (χ2v) is 5.46. The van der Waals surface area contributed by atoms with E-state index >= 15 is 0 Å². The van der Waals surface area contributed by atoms with Crippen LogP contribution < -0.4 is 5.32 Å². The number of aryl methyl sites for hydroxylation is 2. The Balaban J connectivity index is 0.00000133. The van der Waals surface area contributed by atoms with Gasteiger partial charge in [0.15, 0.2) is 5.76 Å². The maximum Gasteiger partial charge on any atom is 0.290 e. The van der Waals surface area contributed by atoms with Crippen LogP contribution in [0.3, 0.4) is 0 Å². The van der Waals surface area contributed by atoms with Crippen LogP contribution in [0.1, 0.15) is 41.1 Å². The van der Waals surface area contributed by atoms with Gasteiger partial charge in [-0.3, -0.25) is 4.79 Å². The highest BCUT2D eigenvalue weighted by atomic mass is 35.5. The van der Waals surface area contributed by atoms with E-state index in [9.17, 15) is 4.79 Å². The highest BCUT2D eigenvalue weighted by Gasteiger charge is 2.39. The first kappa shape index (κ1) is 14.4. The van der Waals surface area contributed by atoms with Gasteiger partial charge in [-0.1, -0.05) is 0 Å². The number of carbonyl (C=O) groups is 1. The molecule has 1 aromatic heterocycles. The van der Waals surface area contributed by atoms with Crippen molar-refractivity contribution in [2.24, 2.45) is 0 Å². The molecular formula is C14H21ClN2O2. The van der Waals surface area contributed by atoms with Gasteiger partial charge < -0.3 is 14.6 Å². The summed E-state index contributed by atoms with van der Waals surface area (Å²) < 4.78 is 5.58. The van der Waals surface area contributed by atoms with Crippen molar-refractivity contribution in [3.63, 3.8) is 0 Å². The van der Waals surface area contributed by atoms with Gasteiger partial charge in [0, 0.05) is 24.2 Å². The summed E-state index contributed by atoms with van der Waals surface area (Å²) in [6.45, 7) is 5.77. The molecule has 2 bridgehead atoms. The smallest absolute Gasteiger partial charge is 0.290 e. The van der Waals surface area contributed by atoms with Crippen LogP contribution in [0, 0.1) is 13.8 Å². The number of hydrogen-bond donors (Lipinski definition) is 1. The third kappa shape index (κ3) is 2.51. The number of halogens is 1. The van der Waals surface area contributed by atoms with Crippen LogP contribution in [-0.2, 0) is 0 Å². The van der Waals surface area contributed by atoms with E-state index in [1.165, 1.54) is 0 Å². The lowest BCUT2D eigenvalue weighted by molar-refractivity contribution is 0.0645. The number of fused-ring (bicyclic) bond motifs is 2. The van der Waals surface area contributed by atoms with E-state index in [4.69, 9.17) is 4.42 Å². The van der Waals surface area contributed by atoms with Crippen LogP contribution in [0.4, 0.5) is 0 Å². The second-order valence-electron chi connectivity index (χ2n) is 5.46. The average Bonchev–Trinajstić information content (AvgIpc) is 2.76. The minimum Gasteiger partial charge on any atom is -0.456 e. The van der Waals surface area contributed by atoms with Gasteiger partial charge in [0.1, 0.15) is 5.76 Å². The highest BCUT2D eigenvalue weighted by Crippen LogP contribution is 2.30. The van der Waals surface area contributed by atoms with Crippen molar-refractivity contribution in [1.29, 1.82) is 0 Å². The minimum atomic E-state index is 0. The summed E-state index contributed by atoms with van der Waals surface area (Å²) in [6, 6.07) is 2.67. The first-order valence-corrected chi connectivity index (χ1v) is 6.77. The summed E-state index contributed by atoms with van der Waals surface area (Å²) >= 11 is 0. The average molecular weight is 285 g/mol. The number of hydrogen-bond acceptors (Lipinski definition) is 3. The summed E-state index contributed by atoms with van der Waals surface area (Å²) in [6.07, 6.45) is 3.31. The molecule has 2 unspecified atom stereocenters. The van der Waals surface area contributed by atoms with Crippen LogP contribution >= 0.6 is 12.4 Å². The fourth-order valence-corrected chi connectivity index (χ4v) is 3.28. The predicted molar refractivity (Wildman–Crippen MR) is 75.9 cm³/mol. The quantitative estimate of drug-likeness (QED) is 0.861. The summed E-state index contributed by atoms with van der Waals surface area (Å²) in [5.41, 5.74) is 0.953. The Morgan fingerprint density at radius 1 is 1.32 bits per heavy atom. The zero-order valence-electron chi connectivity index (χ0n) is 11.4. The Kier molecular flexibility index (Phi) is 4.21. The van der Waals surface area contributed by atoms with Crippen molar-refractivity contribution in [3.05, 3.63) is 23.2 Å². The monoisotopic (exact) mass is 284 g/mol. The molecule has 4 nitrogen and oxygen atoms in total. The zero-order chi connectivity index (χ0) is 12.7. The fraction of sp³-hybridized carbons (Fsp3) is 0.643. The normalized spacial score (nSPS) is 25.9. The lowest BCUT2D eigenvalue weighted by Gasteiger charge is -2.27. The zero-order valence-corrected chi connectivity index (χ0v) is 12.3. The summed E-state index contributed by atoms with van der Waals surface area (Å²) in [5, 5.41) is 3.41. The van der Waals surface area contributed by atoms with E-state index < -0.39 is 0 Å². The van der Waals surface area contributed by atoms with E-state index in [-0.39, 0.29) is 18.3 Å². The molecule has 2 aliphatic rings. The lowest BCUT2D eigenvalue weighted by Crippen LogP contribution is -2.42. The molecule has 0 radical (unpaired) electrons. The molecule has 3 heterocycles. The number of nitrogens with zero attached hydrogens (tertiary/aromatic N) is 1. The van der Waals surface area contributed by atoms with Crippen molar-refractivity contribution in [2.75, 3.05) is 13.1 Å². The number of furan rings is 1. The second kappa shape index (κ2) is 5.55. The topological polar surface area (TPSA) is 45.5 Å². The third-order valence-corrected chi connectivity index (χ3v) is 4.12. The van der Waals surface area contributed by atoms with Crippen molar-refractivity contribution >= 4 is 18.3 Å². The van der Waals surface area contributed by atoms with Gasteiger partial charge in [-0.25, -0.2) is 0 Å². The Morgan fingerprint density at radius 3 is 2.74 bits per heavy atom. The van der Waals surface area contributed by atoms with Gasteiger partial charge in [-0.2, -0.15) is 0 Å². The standard InChI is InChI=1S/C14H20N2O2.ClH/c1-9-7-10(2)18-13(9)14(17)16-11-3-4-12(16)8-15-6-5-11;/h7,11-12,15H,3-6,8H2,1-2H3;1H. The maximum atomic E-state index is 12.7. The molecule has 5 heteroatoms. The molecule has 0 aromatic carbocycles. The predicted octanol–water partition coefficient (Wildman–Crippen LogP) is 2.28. The number of nitrogens with one attached hydrogen (secondary N) is 1. The van der Waals surface area contributed by atoms with E-state index in [0.29, 0.717) is 17.8 Å². The Bertz CT molecular complexity index is 458. The SMILES string of the molecule is Cc1cc(C)c(C(=O)N2C3CCNCC2CC3)o1.Cl. The fourth-order valence-electron chi connectivity index (χ4n) is 3.28. The molecule has 0 aliphatic carbocycles. The first-order chi connectivity index (χ1) is 8.66. The van der Waals surface area contributed by atoms with E-state index in [1.54, 1.807) is 0 Å². The van der Waals surface area contributed by atoms with Crippen LogP contribution in [0.2, 0.25) is 0 Å².